The van der Waals surface area contributed by atoms with Gasteiger partial charge in [0.15, 0.2) is 11.6 Å². The molecule has 644 valence electrons. The number of nitrogens with zero attached hydrogens (tertiary/aromatic N) is 11. The van der Waals surface area contributed by atoms with Crippen LogP contribution in [0, 0.1) is 13.8 Å². The number of likely N-dealkylation sites (N-methyl/N-ethyl adjacent to an activating group) is 1. The number of aromatic nitrogens is 11. The Bertz CT molecular complexity index is 6980. The molecule has 0 spiro atoms. The van der Waals surface area contributed by atoms with E-state index in [0.29, 0.717) is 64.8 Å². The second-order valence-electron chi connectivity index (χ2n) is 32.8. The maximum Gasteiger partial charge on any atom is 0.336 e. The summed E-state index contributed by atoms with van der Waals surface area (Å²) < 4.78 is 11.0. The third-order valence-electron chi connectivity index (χ3n) is 22.2. The number of carboxylic acid groups (broad SMARTS) is 1. The normalized spacial score (nSPS) is 11.8. The van der Waals surface area contributed by atoms with Crippen molar-refractivity contribution in [1.82, 2.24) is 60.5 Å². The van der Waals surface area contributed by atoms with Crippen molar-refractivity contribution in [1.29, 1.82) is 0 Å². The van der Waals surface area contributed by atoms with Gasteiger partial charge in [-0.3, -0.25) is 39.7 Å². The minimum absolute atomic E-state index is 0.0991. The minimum atomic E-state index is -0.943. The molecule has 0 saturated heterocycles. The van der Waals surface area contributed by atoms with E-state index in [1.54, 1.807) is 42.6 Å². The molecule has 9 aromatic heterocycles. The topological polar surface area (TPSA) is 234 Å². The lowest BCUT2D eigenvalue weighted by molar-refractivity contribution is -0.130. The predicted molar refractivity (Wildman–Crippen MR) is 530 cm³/mol. The first-order chi connectivity index (χ1) is 63.2. The Morgan fingerprint density at radius 1 is 0.369 bits per heavy atom. The molecule has 0 aliphatic heterocycles. The highest BCUT2D eigenvalue weighted by Crippen LogP contribution is 2.40. The number of carbonyl (C=O) groups excluding carboxylic acids is 1. The zero-order valence-corrected chi connectivity index (χ0v) is 75.6. The first-order valence-corrected chi connectivity index (χ1v) is 44.8. The summed E-state index contributed by atoms with van der Waals surface area (Å²) in [5.74, 6) is 2.69. The van der Waals surface area contributed by atoms with Gasteiger partial charge < -0.3 is 19.5 Å². The highest BCUT2D eigenvalue weighted by molar-refractivity contribution is 7.98. The Kier molecular flexibility index (Phi) is 28.8. The molecule has 9 aromatic carbocycles. The van der Waals surface area contributed by atoms with E-state index < -0.39 is 5.97 Å². The number of carboxylic acids is 1. The molecule has 1 amide bonds. The Balaban J connectivity index is 0.000000133. The van der Waals surface area contributed by atoms with Crippen molar-refractivity contribution in [2.75, 3.05) is 12.8 Å². The highest BCUT2D eigenvalue weighted by atomic mass is 32.2. The van der Waals surface area contributed by atoms with Gasteiger partial charge in [-0.05, 0) is 298 Å². The van der Waals surface area contributed by atoms with E-state index in [1.165, 1.54) is 22.3 Å². The van der Waals surface area contributed by atoms with Crippen LogP contribution in [0.3, 0.4) is 0 Å². The van der Waals surface area contributed by atoms with Crippen molar-refractivity contribution in [3.63, 3.8) is 0 Å². The van der Waals surface area contributed by atoms with Gasteiger partial charge in [-0.15, -0.1) is 11.8 Å². The molecule has 0 radical (unpaired) electrons. The van der Waals surface area contributed by atoms with Crippen molar-refractivity contribution >= 4 is 114 Å². The van der Waals surface area contributed by atoms with Crippen LogP contribution in [0.4, 0.5) is 0 Å². The van der Waals surface area contributed by atoms with Crippen LogP contribution >= 0.6 is 11.8 Å². The average molecular weight is 1730 g/mol. The number of amides is 1. The third-order valence-corrected chi connectivity index (χ3v) is 23.0. The second kappa shape index (κ2) is 41.8. The molecule has 0 aliphatic rings. The van der Waals surface area contributed by atoms with Crippen LogP contribution in [0.15, 0.2) is 330 Å². The monoisotopic (exact) mass is 1720 g/mol. The van der Waals surface area contributed by atoms with Crippen LogP contribution in [-0.4, -0.2) is 85.0 Å². The molecule has 0 saturated carbocycles. The molecule has 0 fully saturated rings. The number of benzene rings is 9. The molecule has 2 N–H and O–H groups in total. The Morgan fingerprint density at radius 3 is 1.02 bits per heavy atom. The number of carbonyl (C=O) groups is 2. The van der Waals surface area contributed by atoms with Crippen LogP contribution in [0.5, 0.6) is 0 Å². The van der Waals surface area contributed by atoms with Gasteiger partial charge >= 0.3 is 5.97 Å². The van der Waals surface area contributed by atoms with E-state index in [1.807, 2.05) is 197 Å². The lowest BCUT2D eigenvalue weighted by Crippen LogP contribution is -2.23. The summed E-state index contributed by atoms with van der Waals surface area (Å²) in [4.78, 5) is 66.6. The zero-order chi connectivity index (χ0) is 90.7. The first kappa shape index (κ1) is 89.4. The Hall–Kier alpha value is -15.4. The summed E-state index contributed by atoms with van der Waals surface area (Å²) in [5.41, 5.74) is 27.1. The molecule has 18 aromatic rings. The molecule has 17 nitrogen and oxygen atoms in total. The maximum atomic E-state index is 12.8. The maximum absolute atomic E-state index is 12.8. The van der Waals surface area contributed by atoms with Gasteiger partial charge in [-0.1, -0.05) is 187 Å². The van der Waals surface area contributed by atoms with Gasteiger partial charge in [0.1, 0.15) is 0 Å². The zero-order valence-electron chi connectivity index (χ0n) is 74.8. The fourth-order valence-electron chi connectivity index (χ4n) is 15.4. The van der Waals surface area contributed by atoms with E-state index in [0.717, 1.165) is 143 Å². The van der Waals surface area contributed by atoms with Gasteiger partial charge in [-0.25, -0.2) is 4.79 Å². The number of aliphatic carboxylic acids is 1. The molecule has 18 heteroatoms. The predicted octanol–water partition coefficient (Wildman–Crippen LogP) is 26.9. The molecule has 0 aliphatic carbocycles. The Morgan fingerprint density at radius 2 is 0.708 bits per heavy atom. The number of hydrogen-bond donors (Lipinski definition) is 2. The molecule has 9 heterocycles. The van der Waals surface area contributed by atoms with Crippen molar-refractivity contribution in [3.8, 4) is 44.5 Å². The highest BCUT2D eigenvalue weighted by Gasteiger charge is 2.22. The molecule has 0 unspecified atom stereocenters. The lowest BCUT2D eigenvalue weighted by Gasteiger charge is -2.13. The number of aryl methyl sites for hydroxylation is 2. The smallest absolute Gasteiger partial charge is 0.336 e. The van der Waals surface area contributed by atoms with E-state index in [2.05, 4.69) is 255 Å². The summed E-state index contributed by atoms with van der Waals surface area (Å²) in [6, 6.07) is 90.2. The summed E-state index contributed by atoms with van der Waals surface area (Å²) in [6.45, 7) is 23.7. The fraction of sp³-hybridized carbons (Fsp3) is 0.152. The van der Waals surface area contributed by atoms with E-state index in [-0.39, 0.29) is 11.5 Å². The van der Waals surface area contributed by atoms with Crippen LogP contribution in [0.25, 0.3) is 135 Å². The van der Waals surface area contributed by atoms with E-state index in [9.17, 15) is 14.7 Å². The van der Waals surface area contributed by atoms with Gasteiger partial charge in [0.05, 0.1) is 50.2 Å². The fourth-order valence-corrected chi connectivity index (χ4v) is 15.8. The van der Waals surface area contributed by atoms with Crippen LogP contribution in [-0.2, 0) is 9.59 Å². The molecule has 0 bridgehead atoms. The summed E-state index contributed by atoms with van der Waals surface area (Å²) in [7, 11) is 0. The van der Waals surface area contributed by atoms with Gasteiger partial charge in [-0.2, -0.15) is 9.97 Å². The quantitative estimate of drug-likeness (QED) is 0.0365. The number of hydrogen-bond acceptors (Lipinski definition) is 16. The average Bonchev–Trinajstić information content (AvgIpc) is 0.896. The molecule has 130 heavy (non-hydrogen) atoms. The Labute approximate surface area is 762 Å². The summed E-state index contributed by atoms with van der Waals surface area (Å²) in [6.07, 6.45) is 24.0. The third kappa shape index (κ3) is 21.8. The van der Waals surface area contributed by atoms with Crippen LogP contribution < -0.4 is 5.32 Å². The summed E-state index contributed by atoms with van der Waals surface area (Å²) in [5, 5.41) is 25.2. The van der Waals surface area contributed by atoms with E-state index >= 15 is 0 Å². The molecular formula is C112H100N12O5S. The number of pyridine rings is 7. The van der Waals surface area contributed by atoms with Crippen molar-refractivity contribution in [2.24, 2.45) is 0 Å². The van der Waals surface area contributed by atoms with Crippen molar-refractivity contribution in [2.45, 2.75) is 105 Å². The van der Waals surface area contributed by atoms with Gasteiger partial charge in [0.25, 0.3) is 17.7 Å². The van der Waals surface area contributed by atoms with Gasteiger partial charge in [0, 0.05) is 110 Å². The number of thioether (sulfide) groups is 1. The second-order valence-corrected chi connectivity index (χ2v) is 33.7. The number of rotatable bonds is 22. The lowest BCUT2D eigenvalue weighted by atomic mass is 9.93. The van der Waals surface area contributed by atoms with Crippen LogP contribution in [0.2, 0.25) is 0 Å². The number of nitrogens with one attached hydrogen (secondary N) is 1. The number of fused-ring (bicyclic) bond motifs is 4. The SMILES string of the molecule is CCNC(=O)/C(=C\c1cccc(-c2cc(C(C)C)cc3cccnc23)c1)c1ccncc1.CSc1ccc(/C(=C/c2cccc(-c3cc(C(C)C)cc4cccnc34)c2)C(=O)O)cc1.Cc1noc(/C(=C/c2cccc(-c3cc(C(C)C)cc4cccnc34)c2)c2ccccn2)n1.Cc1noc(/C(=C\c2cccc(-c3cc(C(C)C)cc4cccnc34)c2)c2ccccn2)n1. The molecule has 18 rings (SSSR count). The minimum Gasteiger partial charge on any atom is -0.478 e. The van der Waals surface area contributed by atoms with Crippen molar-refractivity contribution in [3.05, 3.63) is 407 Å². The van der Waals surface area contributed by atoms with E-state index in [4.69, 9.17) is 9.05 Å². The standard InChI is InChI=1S/2C28H24N4O.C28H27N3O.C28H25NO2S/c2*1-18(2)23-16-22-10-7-13-30-27(22)24(17-23)21-9-6-8-20(14-21)15-25(26-11-4-5-12-29-26)28-31-19(3)32-33-28;1-4-30-28(32)26(21-10-13-29-14-11-21)16-20-7-5-8-22(15-20)25-18-24(19(2)3)17-23-9-6-12-31-27(23)25;1-18(2)23-16-22-8-5-13-29-27(22)25(17-23)21-7-4-6-19(14-21)15-26(28(30)31)20-9-11-24(32-3)12-10-20/h2*4-18H,1-3H3;5-19H,4H2,1-3H3,(H,30,32);4-18H,1-3H3,(H,30,31)/b25-15+;25-15-;26-16-;26-15-. The van der Waals surface area contributed by atoms with Crippen molar-refractivity contribution < 1.29 is 23.7 Å². The first-order valence-electron chi connectivity index (χ1n) is 43.5. The van der Waals surface area contributed by atoms with Gasteiger partial charge in [0.2, 0.25) is 0 Å². The largest absolute Gasteiger partial charge is 0.478 e. The molecule has 0 atom stereocenters. The summed E-state index contributed by atoms with van der Waals surface area (Å²) >= 11 is 1.63. The van der Waals surface area contributed by atoms with Crippen LogP contribution in [0.1, 0.15) is 176 Å². The molecular weight excluding hydrogens is 1630 g/mol.